The Balaban J connectivity index is 1.61. The molecule has 5 rings (SSSR count). The summed E-state index contributed by atoms with van der Waals surface area (Å²) in [6, 6.07) is 8.85. The fourth-order valence-corrected chi connectivity index (χ4v) is 4.83. The monoisotopic (exact) mass is 490 g/mol. The van der Waals surface area contributed by atoms with E-state index in [2.05, 4.69) is 24.1 Å². The van der Waals surface area contributed by atoms with Crippen molar-refractivity contribution in [1.29, 1.82) is 0 Å². The zero-order valence-electron chi connectivity index (χ0n) is 21.6. The van der Waals surface area contributed by atoms with Crippen LogP contribution >= 0.6 is 0 Å². The van der Waals surface area contributed by atoms with E-state index in [0.29, 0.717) is 24.3 Å². The van der Waals surface area contributed by atoms with Crippen LogP contribution < -0.4 is 10.2 Å². The van der Waals surface area contributed by atoms with Crippen LogP contribution in [0.2, 0.25) is 0 Å². The molecule has 0 unspecified atom stereocenters. The van der Waals surface area contributed by atoms with E-state index < -0.39 is 5.60 Å². The predicted octanol–water partition coefficient (Wildman–Crippen LogP) is 5.44. The van der Waals surface area contributed by atoms with Gasteiger partial charge in [0.25, 0.3) is 0 Å². The number of benzene rings is 1. The molecule has 2 aliphatic rings. The molecule has 0 aliphatic carbocycles. The lowest BCUT2D eigenvalue weighted by molar-refractivity contribution is 0.0748. The topological polar surface area (TPSA) is 78.0 Å². The molecule has 0 saturated carbocycles. The summed E-state index contributed by atoms with van der Waals surface area (Å²) in [7, 11) is 0. The van der Waals surface area contributed by atoms with Crippen molar-refractivity contribution in [3.05, 3.63) is 58.6 Å². The molecule has 2 N–H and O–H groups in total. The first-order valence-electron chi connectivity index (χ1n) is 12.8. The summed E-state index contributed by atoms with van der Waals surface area (Å²) in [6.45, 7) is 10.4. The van der Waals surface area contributed by atoms with Gasteiger partial charge in [-0.15, -0.1) is 0 Å². The highest BCUT2D eigenvalue weighted by molar-refractivity contribution is 6.13. The maximum Gasteiger partial charge on any atom is 0.160 e. The molecule has 1 fully saturated rings. The van der Waals surface area contributed by atoms with Crippen molar-refractivity contribution >= 4 is 28.7 Å². The number of nitrogens with one attached hydrogen (secondary N) is 1. The molecule has 190 valence electrons. The molecule has 0 amide bonds. The number of hydrogen-bond donors (Lipinski definition) is 2. The Morgan fingerprint density at radius 2 is 1.86 bits per heavy atom. The number of anilines is 2. The predicted molar refractivity (Wildman–Crippen MR) is 143 cm³/mol. The number of rotatable bonds is 6. The molecule has 36 heavy (non-hydrogen) atoms. The van der Waals surface area contributed by atoms with Crippen LogP contribution in [0.3, 0.4) is 0 Å². The summed E-state index contributed by atoms with van der Waals surface area (Å²) in [5.74, 6) is 1.46. The van der Waals surface area contributed by atoms with E-state index in [-0.39, 0.29) is 5.82 Å². The third kappa shape index (κ3) is 5.14. The molecule has 1 saturated heterocycles. The third-order valence-electron chi connectivity index (χ3n) is 7.17. The van der Waals surface area contributed by atoms with Crippen LogP contribution in [0.15, 0.2) is 46.5 Å². The highest BCUT2D eigenvalue weighted by Crippen LogP contribution is 2.30. The quantitative estimate of drug-likeness (QED) is 0.481. The maximum atomic E-state index is 14.1. The van der Waals surface area contributed by atoms with E-state index in [4.69, 9.17) is 15.1 Å². The molecule has 2 aliphatic heterocycles. The van der Waals surface area contributed by atoms with Gasteiger partial charge in [-0.2, -0.15) is 9.61 Å². The first-order chi connectivity index (χ1) is 17.2. The van der Waals surface area contributed by atoms with Crippen LogP contribution in [0.5, 0.6) is 0 Å². The van der Waals surface area contributed by atoms with Crippen molar-refractivity contribution in [3.63, 3.8) is 0 Å². The van der Waals surface area contributed by atoms with Gasteiger partial charge in [0.15, 0.2) is 5.65 Å². The van der Waals surface area contributed by atoms with Gasteiger partial charge in [0, 0.05) is 31.8 Å². The standard InChI is InChI=1S/C28H35FN6O/c1-18-7-8-20-9-10-21(29)15-22(20)31-27(19(18)2)23-16-26-32-25(34-13-5-6-14-34)17-24(35(26)33-23)30-12-11-28(3,4)36/h9-10,15-17,30,36H,5-8,11-14H2,1-4H3/b19-18+,31-27+. The summed E-state index contributed by atoms with van der Waals surface area (Å²) >= 11 is 0. The second-order valence-electron chi connectivity index (χ2n) is 10.6. The number of aliphatic imine (C=N–C) groups is 1. The fourth-order valence-electron chi connectivity index (χ4n) is 4.83. The van der Waals surface area contributed by atoms with Gasteiger partial charge in [0.1, 0.15) is 23.1 Å². The van der Waals surface area contributed by atoms with Crippen molar-refractivity contribution < 1.29 is 9.50 Å². The normalized spacial score (nSPS) is 20.2. The molecular weight excluding hydrogens is 455 g/mol. The smallest absolute Gasteiger partial charge is 0.160 e. The average molecular weight is 491 g/mol. The minimum Gasteiger partial charge on any atom is -0.390 e. The zero-order valence-corrected chi connectivity index (χ0v) is 21.6. The number of nitrogens with zero attached hydrogens (tertiary/aromatic N) is 5. The number of aromatic nitrogens is 3. The Kier molecular flexibility index (Phi) is 6.55. The first-order valence-corrected chi connectivity index (χ1v) is 12.8. The lowest BCUT2D eigenvalue weighted by atomic mass is 9.95. The Hall–Kier alpha value is -3.26. The van der Waals surface area contributed by atoms with E-state index in [9.17, 15) is 9.50 Å². The van der Waals surface area contributed by atoms with Gasteiger partial charge < -0.3 is 15.3 Å². The second-order valence-corrected chi connectivity index (χ2v) is 10.6. The number of fused-ring (bicyclic) bond motifs is 2. The van der Waals surface area contributed by atoms with Crippen LogP contribution in [0.4, 0.5) is 21.7 Å². The summed E-state index contributed by atoms with van der Waals surface area (Å²) in [6.07, 6.45) is 4.64. The molecule has 0 radical (unpaired) electrons. The van der Waals surface area contributed by atoms with Gasteiger partial charge >= 0.3 is 0 Å². The molecule has 0 bridgehead atoms. The number of halogens is 1. The Bertz CT molecular complexity index is 1340. The van der Waals surface area contributed by atoms with Crippen LogP contribution in [0.25, 0.3) is 5.65 Å². The summed E-state index contributed by atoms with van der Waals surface area (Å²) in [5.41, 5.74) is 5.42. The number of hydrogen-bond acceptors (Lipinski definition) is 6. The van der Waals surface area contributed by atoms with Crippen molar-refractivity contribution in [1.82, 2.24) is 14.6 Å². The van der Waals surface area contributed by atoms with Crippen LogP contribution in [-0.2, 0) is 6.42 Å². The molecule has 8 heteroatoms. The highest BCUT2D eigenvalue weighted by atomic mass is 19.1. The van der Waals surface area contributed by atoms with Gasteiger partial charge in [-0.3, -0.25) is 0 Å². The van der Waals surface area contributed by atoms with Gasteiger partial charge in [-0.05, 0) is 83.1 Å². The fraction of sp³-hybridized carbons (Fsp3) is 0.464. The van der Waals surface area contributed by atoms with E-state index in [1.54, 1.807) is 0 Å². The van der Waals surface area contributed by atoms with Crippen LogP contribution in [0.1, 0.15) is 64.6 Å². The molecule has 0 spiro atoms. The number of aryl methyl sites for hydroxylation is 1. The minimum absolute atomic E-state index is 0.291. The molecule has 3 aromatic rings. The number of aliphatic hydroxyl groups is 1. The lowest BCUT2D eigenvalue weighted by Crippen LogP contribution is -2.24. The molecule has 7 nitrogen and oxygen atoms in total. The Labute approximate surface area is 211 Å². The molecule has 2 aromatic heterocycles. The van der Waals surface area contributed by atoms with Crippen molar-refractivity contribution in [2.75, 3.05) is 29.9 Å². The molecule has 4 heterocycles. The van der Waals surface area contributed by atoms with E-state index in [1.807, 2.05) is 36.6 Å². The minimum atomic E-state index is -0.762. The van der Waals surface area contributed by atoms with E-state index in [1.165, 1.54) is 17.7 Å². The molecule has 1 aromatic carbocycles. The van der Waals surface area contributed by atoms with Gasteiger partial charge in [0.05, 0.1) is 17.0 Å². The largest absolute Gasteiger partial charge is 0.390 e. The molecule has 0 atom stereocenters. The Morgan fingerprint density at radius 3 is 2.61 bits per heavy atom. The second kappa shape index (κ2) is 9.65. The molecular formula is C28H35FN6O. The van der Waals surface area contributed by atoms with Crippen LogP contribution in [-0.4, -0.2) is 50.7 Å². The zero-order chi connectivity index (χ0) is 25.4. The first kappa shape index (κ1) is 24.4. The summed E-state index contributed by atoms with van der Waals surface area (Å²) in [4.78, 5) is 12.2. The van der Waals surface area contributed by atoms with E-state index in [0.717, 1.165) is 72.9 Å². The lowest BCUT2D eigenvalue weighted by Gasteiger charge is -2.20. The van der Waals surface area contributed by atoms with Crippen molar-refractivity contribution in [3.8, 4) is 0 Å². The van der Waals surface area contributed by atoms with E-state index >= 15 is 0 Å². The third-order valence-corrected chi connectivity index (χ3v) is 7.17. The van der Waals surface area contributed by atoms with Gasteiger partial charge in [0.2, 0.25) is 0 Å². The summed E-state index contributed by atoms with van der Waals surface area (Å²) < 4.78 is 15.9. The summed E-state index contributed by atoms with van der Waals surface area (Å²) in [5, 5.41) is 18.6. The number of allylic oxidation sites excluding steroid dienone is 2. The van der Waals surface area contributed by atoms with Crippen molar-refractivity contribution in [2.45, 2.75) is 65.4 Å². The Morgan fingerprint density at radius 1 is 1.08 bits per heavy atom. The van der Waals surface area contributed by atoms with Gasteiger partial charge in [-0.1, -0.05) is 11.6 Å². The van der Waals surface area contributed by atoms with Crippen molar-refractivity contribution in [2.24, 2.45) is 4.99 Å². The van der Waals surface area contributed by atoms with Crippen LogP contribution in [0, 0.1) is 5.82 Å². The van der Waals surface area contributed by atoms with Gasteiger partial charge in [-0.25, -0.2) is 14.4 Å². The SMILES string of the molecule is C/C1=C(C)\C(c2cc3nc(N4CCCC4)cc(NCCC(C)(C)O)n3n2)=N/c2cc(F)ccc2CC1. The average Bonchev–Trinajstić information content (AvgIpc) is 3.50. The highest BCUT2D eigenvalue weighted by Gasteiger charge is 2.22. The maximum absolute atomic E-state index is 14.1.